The number of piperazine rings is 1. The zero-order valence-electron chi connectivity index (χ0n) is 16.6. The Balaban J connectivity index is 1.45. The Bertz CT molecular complexity index is 654. The molecule has 0 spiro atoms. The highest BCUT2D eigenvalue weighted by Crippen LogP contribution is 2.24. The number of hydrogen-bond acceptors (Lipinski definition) is 5. The largest absolute Gasteiger partial charge is 0.450 e. The number of fused-ring (bicyclic) bond motifs is 1. The van der Waals surface area contributed by atoms with Crippen LogP contribution in [0.1, 0.15) is 24.3 Å². The van der Waals surface area contributed by atoms with Crippen molar-refractivity contribution >= 4 is 23.4 Å². The van der Waals surface area contributed by atoms with E-state index in [4.69, 9.17) is 4.74 Å². The molecule has 0 radical (unpaired) electrons. The van der Waals surface area contributed by atoms with Gasteiger partial charge < -0.3 is 19.9 Å². The molecule has 2 aliphatic heterocycles. The average Bonchev–Trinajstić information content (AvgIpc) is 3.16. The van der Waals surface area contributed by atoms with E-state index in [-0.39, 0.29) is 6.09 Å². The summed E-state index contributed by atoms with van der Waals surface area (Å²) in [5.74, 6) is 0.915. The van der Waals surface area contributed by atoms with Crippen LogP contribution in [0.25, 0.3) is 0 Å². The summed E-state index contributed by atoms with van der Waals surface area (Å²) in [4.78, 5) is 24.3. The lowest BCUT2D eigenvalue weighted by atomic mass is 10.1. The van der Waals surface area contributed by atoms with Gasteiger partial charge in [0, 0.05) is 63.8 Å². The summed E-state index contributed by atoms with van der Waals surface area (Å²) in [7, 11) is 1.82. The molecule has 8 heteroatoms. The van der Waals surface area contributed by atoms with Crippen LogP contribution in [0.3, 0.4) is 0 Å². The number of nitrogens with one attached hydrogen (secondary N) is 1. The van der Waals surface area contributed by atoms with Gasteiger partial charge in [-0.3, -0.25) is 9.89 Å². The summed E-state index contributed by atoms with van der Waals surface area (Å²) in [6, 6.07) is 2.70. The van der Waals surface area contributed by atoms with E-state index < -0.39 is 0 Å². The minimum atomic E-state index is -0.216. The number of rotatable bonds is 4. The minimum Gasteiger partial charge on any atom is -0.450 e. The van der Waals surface area contributed by atoms with Crippen LogP contribution in [0.2, 0.25) is 0 Å². The number of amides is 1. The van der Waals surface area contributed by atoms with Gasteiger partial charge in [0.25, 0.3) is 0 Å². The normalized spacial score (nSPS) is 19.6. The monoisotopic (exact) mass is 393 g/mol. The zero-order valence-corrected chi connectivity index (χ0v) is 17.4. The molecule has 1 unspecified atom stereocenters. The van der Waals surface area contributed by atoms with E-state index in [1.165, 1.54) is 5.56 Å². The average molecular weight is 394 g/mol. The topological polar surface area (TPSA) is 60.4 Å². The molecule has 1 N–H and O–H groups in total. The van der Waals surface area contributed by atoms with Gasteiger partial charge in [-0.15, -0.1) is 11.3 Å². The first kappa shape index (κ1) is 19.9. The maximum atomic E-state index is 11.8. The molecule has 150 valence electrons. The van der Waals surface area contributed by atoms with Gasteiger partial charge in [-0.05, 0) is 37.3 Å². The van der Waals surface area contributed by atoms with Crippen LogP contribution >= 0.6 is 11.3 Å². The first-order valence-electron chi connectivity index (χ1n) is 9.79. The van der Waals surface area contributed by atoms with E-state index in [9.17, 15) is 4.79 Å². The minimum absolute atomic E-state index is 0.216. The summed E-state index contributed by atoms with van der Waals surface area (Å²) in [6.07, 6.45) is 0.939. The first-order valence-corrected chi connectivity index (χ1v) is 10.7. The second-order valence-electron chi connectivity index (χ2n) is 7.04. The Kier molecular flexibility index (Phi) is 6.95. The summed E-state index contributed by atoms with van der Waals surface area (Å²) < 4.78 is 5.09. The summed E-state index contributed by atoms with van der Waals surface area (Å²) in [5, 5.41) is 5.73. The molecule has 2 aliphatic rings. The number of carbonyl (C=O) groups excluding carboxylic acids is 1. The van der Waals surface area contributed by atoms with Crippen LogP contribution in [-0.2, 0) is 17.7 Å². The molecule has 3 heterocycles. The van der Waals surface area contributed by atoms with E-state index in [2.05, 4.69) is 38.5 Å². The molecular weight excluding hydrogens is 362 g/mol. The van der Waals surface area contributed by atoms with Crippen molar-refractivity contribution in [2.45, 2.75) is 32.9 Å². The molecule has 0 aliphatic carbocycles. The molecular formula is C19H31N5O2S. The van der Waals surface area contributed by atoms with Crippen LogP contribution in [0, 0.1) is 0 Å². The Morgan fingerprint density at radius 1 is 1.30 bits per heavy atom. The highest BCUT2D eigenvalue weighted by atomic mass is 32.1. The fourth-order valence-electron chi connectivity index (χ4n) is 3.66. The summed E-state index contributed by atoms with van der Waals surface area (Å²) in [5.41, 5.74) is 1.48. The third kappa shape index (κ3) is 4.93. The number of hydrogen-bond donors (Lipinski definition) is 1. The molecule has 0 saturated carbocycles. The fraction of sp³-hybridized carbons (Fsp3) is 0.684. The van der Waals surface area contributed by atoms with Gasteiger partial charge >= 0.3 is 6.09 Å². The lowest BCUT2D eigenvalue weighted by Crippen LogP contribution is -2.55. The lowest BCUT2D eigenvalue weighted by Gasteiger charge is -2.37. The molecule has 1 aromatic rings. The molecule has 1 atom stereocenters. The van der Waals surface area contributed by atoms with Crippen molar-refractivity contribution in [2.75, 3.05) is 52.9 Å². The number of nitrogens with zero attached hydrogens (tertiary/aromatic N) is 4. The van der Waals surface area contributed by atoms with Gasteiger partial charge in [-0.2, -0.15) is 0 Å². The Labute approximate surface area is 166 Å². The van der Waals surface area contributed by atoms with Crippen molar-refractivity contribution in [3.8, 4) is 0 Å². The third-order valence-corrected chi connectivity index (χ3v) is 6.36. The summed E-state index contributed by atoms with van der Waals surface area (Å²) >= 11 is 1.88. The van der Waals surface area contributed by atoms with Crippen LogP contribution < -0.4 is 5.32 Å². The maximum Gasteiger partial charge on any atom is 0.409 e. The molecule has 1 aromatic heterocycles. The van der Waals surface area contributed by atoms with Gasteiger partial charge in [0.2, 0.25) is 0 Å². The number of thiophene rings is 1. The third-order valence-electron chi connectivity index (χ3n) is 5.33. The second kappa shape index (κ2) is 9.41. The summed E-state index contributed by atoms with van der Waals surface area (Å²) in [6.45, 7) is 10.4. The van der Waals surface area contributed by atoms with Crippen LogP contribution in [0.4, 0.5) is 4.79 Å². The molecule has 1 fully saturated rings. The number of aliphatic imine (C=N–C) groups is 1. The Morgan fingerprint density at radius 3 is 2.74 bits per heavy atom. The molecule has 27 heavy (non-hydrogen) atoms. The SMILES string of the molecule is CCOC(=O)N1CCN(C(=NC)NCC(C)N2CCc3sccc3C2)CC1. The molecule has 7 nitrogen and oxygen atoms in total. The Morgan fingerprint density at radius 2 is 2.04 bits per heavy atom. The second-order valence-corrected chi connectivity index (χ2v) is 8.04. The predicted molar refractivity (Wildman–Crippen MR) is 109 cm³/mol. The van der Waals surface area contributed by atoms with Crippen LogP contribution in [-0.4, -0.2) is 85.7 Å². The lowest BCUT2D eigenvalue weighted by molar-refractivity contribution is 0.0913. The van der Waals surface area contributed by atoms with Gasteiger partial charge in [0.15, 0.2) is 5.96 Å². The number of guanidine groups is 1. The Hall–Kier alpha value is -1.80. The highest BCUT2D eigenvalue weighted by Gasteiger charge is 2.25. The highest BCUT2D eigenvalue weighted by molar-refractivity contribution is 7.10. The van der Waals surface area contributed by atoms with Gasteiger partial charge in [-0.25, -0.2) is 4.79 Å². The van der Waals surface area contributed by atoms with Crippen molar-refractivity contribution in [1.29, 1.82) is 0 Å². The van der Waals surface area contributed by atoms with E-state index in [1.807, 2.05) is 25.3 Å². The quantitative estimate of drug-likeness (QED) is 0.625. The number of ether oxygens (including phenoxy) is 1. The van der Waals surface area contributed by atoms with Gasteiger partial charge in [0.05, 0.1) is 6.61 Å². The van der Waals surface area contributed by atoms with E-state index in [0.29, 0.717) is 25.7 Å². The van der Waals surface area contributed by atoms with Crippen LogP contribution in [0.15, 0.2) is 16.4 Å². The molecule has 1 amide bonds. The van der Waals surface area contributed by atoms with Crippen molar-refractivity contribution in [1.82, 2.24) is 20.0 Å². The maximum absolute atomic E-state index is 11.8. The standard InChI is InChI=1S/C19H31N5O2S/c1-4-26-19(25)23-10-8-22(9-11-23)18(20-3)21-13-15(2)24-7-5-17-16(14-24)6-12-27-17/h6,12,15H,4-5,7-11,13-14H2,1-3H3,(H,20,21). The van der Waals surface area contributed by atoms with Gasteiger partial charge in [-0.1, -0.05) is 0 Å². The zero-order chi connectivity index (χ0) is 19.2. The smallest absolute Gasteiger partial charge is 0.409 e. The molecule has 1 saturated heterocycles. The van der Waals surface area contributed by atoms with Crippen molar-refractivity contribution in [3.63, 3.8) is 0 Å². The van der Waals surface area contributed by atoms with Crippen molar-refractivity contribution < 1.29 is 9.53 Å². The van der Waals surface area contributed by atoms with E-state index >= 15 is 0 Å². The predicted octanol–water partition coefficient (Wildman–Crippen LogP) is 1.84. The van der Waals surface area contributed by atoms with Crippen LogP contribution in [0.5, 0.6) is 0 Å². The van der Waals surface area contributed by atoms with Crippen molar-refractivity contribution in [2.24, 2.45) is 4.99 Å². The fourth-order valence-corrected chi connectivity index (χ4v) is 4.55. The molecule has 3 rings (SSSR count). The van der Waals surface area contributed by atoms with Crippen molar-refractivity contribution in [3.05, 3.63) is 21.9 Å². The molecule has 0 bridgehead atoms. The van der Waals surface area contributed by atoms with E-state index in [1.54, 1.807) is 9.78 Å². The number of carbonyl (C=O) groups is 1. The first-order chi connectivity index (χ1) is 13.1. The molecule has 0 aromatic carbocycles. The van der Waals surface area contributed by atoms with Gasteiger partial charge in [0.1, 0.15) is 0 Å². The van der Waals surface area contributed by atoms with E-state index in [0.717, 1.165) is 45.1 Å².